The summed E-state index contributed by atoms with van der Waals surface area (Å²) in [6.45, 7) is 2.85. The number of methoxy groups -OCH3 is 2. The molecule has 1 unspecified atom stereocenters. The van der Waals surface area contributed by atoms with Gasteiger partial charge in [-0.2, -0.15) is 0 Å². The second kappa shape index (κ2) is 5.80. The lowest BCUT2D eigenvalue weighted by Gasteiger charge is -2.21. The standard InChI is InChI=1S/C10H18N2O2/c1-8(10(13-2)14-3)12-7-9-4-5-11-6-9/h4-6,8,10-12H,7H2,1-3H3. The Morgan fingerprint density at radius 1 is 1.43 bits per heavy atom. The maximum atomic E-state index is 5.14. The monoisotopic (exact) mass is 198 g/mol. The molecule has 0 saturated heterocycles. The second-order valence-corrected chi connectivity index (χ2v) is 3.23. The lowest BCUT2D eigenvalue weighted by molar-refractivity contribution is -0.119. The molecule has 0 radical (unpaired) electrons. The van der Waals surface area contributed by atoms with Crippen LogP contribution in [-0.4, -0.2) is 31.5 Å². The summed E-state index contributed by atoms with van der Waals surface area (Å²) in [5.41, 5.74) is 1.22. The molecular formula is C10H18N2O2. The van der Waals surface area contributed by atoms with Gasteiger partial charge in [0, 0.05) is 33.2 Å². The van der Waals surface area contributed by atoms with Gasteiger partial charge in [-0.15, -0.1) is 0 Å². The van der Waals surface area contributed by atoms with E-state index in [4.69, 9.17) is 9.47 Å². The van der Waals surface area contributed by atoms with Crippen LogP contribution in [0.5, 0.6) is 0 Å². The number of hydrogen-bond acceptors (Lipinski definition) is 3. The molecule has 0 aliphatic carbocycles. The maximum absolute atomic E-state index is 5.14. The fourth-order valence-corrected chi connectivity index (χ4v) is 1.35. The topological polar surface area (TPSA) is 46.3 Å². The molecule has 1 rings (SSSR count). The molecule has 14 heavy (non-hydrogen) atoms. The third-order valence-electron chi connectivity index (χ3n) is 2.16. The van der Waals surface area contributed by atoms with Gasteiger partial charge in [0.1, 0.15) is 0 Å². The number of nitrogens with one attached hydrogen (secondary N) is 2. The summed E-state index contributed by atoms with van der Waals surface area (Å²) in [4.78, 5) is 3.01. The first-order chi connectivity index (χ1) is 6.77. The molecule has 1 aromatic rings. The zero-order valence-corrected chi connectivity index (χ0v) is 8.91. The Bertz CT molecular complexity index is 232. The highest BCUT2D eigenvalue weighted by Gasteiger charge is 2.14. The van der Waals surface area contributed by atoms with Crippen LogP contribution in [0.3, 0.4) is 0 Å². The van der Waals surface area contributed by atoms with E-state index < -0.39 is 0 Å². The highest BCUT2D eigenvalue weighted by molar-refractivity contribution is 5.07. The molecule has 0 fully saturated rings. The van der Waals surface area contributed by atoms with Crippen molar-refractivity contribution in [3.8, 4) is 0 Å². The van der Waals surface area contributed by atoms with E-state index in [1.54, 1.807) is 14.2 Å². The zero-order valence-electron chi connectivity index (χ0n) is 8.91. The first-order valence-electron chi connectivity index (χ1n) is 4.68. The minimum Gasteiger partial charge on any atom is -0.367 e. The number of hydrogen-bond donors (Lipinski definition) is 2. The van der Waals surface area contributed by atoms with Gasteiger partial charge in [0.25, 0.3) is 0 Å². The molecule has 0 spiro atoms. The summed E-state index contributed by atoms with van der Waals surface area (Å²) < 4.78 is 10.3. The molecular weight excluding hydrogens is 180 g/mol. The van der Waals surface area contributed by atoms with Crippen molar-refractivity contribution < 1.29 is 9.47 Å². The normalized spacial score (nSPS) is 13.4. The second-order valence-electron chi connectivity index (χ2n) is 3.23. The quantitative estimate of drug-likeness (QED) is 0.673. The van der Waals surface area contributed by atoms with Gasteiger partial charge in [-0.05, 0) is 18.6 Å². The van der Waals surface area contributed by atoms with Gasteiger partial charge in [-0.1, -0.05) is 0 Å². The summed E-state index contributed by atoms with van der Waals surface area (Å²) in [5, 5.41) is 3.32. The van der Waals surface area contributed by atoms with E-state index in [1.807, 2.05) is 25.4 Å². The van der Waals surface area contributed by atoms with Crippen LogP contribution in [0.25, 0.3) is 0 Å². The van der Waals surface area contributed by atoms with Gasteiger partial charge in [-0.25, -0.2) is 0 Å². The third kappa shape index (κ3) is 3.14. The number of aromatic amines is 1. The van der Waals surface area contributed by atoms with Crippen LogP contribution in [-0.2, 0) is 16.0 Å². The summed E-state index contributed by atoms with van der Waals surface area (Å²) >= 11 is 0. The zero-order chi connectivity index (χ0) is 10.4. The fraction of sp³-hybridized carbons (Fsp3) is 0.600. The molecule has 1 atom stereocenters. The van der Waals surface area contributed by atoms with Crippen molar-refractivity contribution in [3.05, 3.63) is 24.0 Å². The fourth-order valence-electron chi connectivity index (χ4n) is 1.35. The van der Waals surface area contributed by atoms with E-state index in [-0.39, 0.29) is 12.3 Å². The molecule has 80 valence electrons. The van der Waals surface area contributed by atoms with E-state index in [1.165, 1.54) is 5.56 Å². The first-order valence-corrected chi connectivity index (χ1v) is 4.68. The Labute approximate surface area is 84.6 Å². The first kappa shape index (κ1) is 11.2. The van der Waals surface area contributed by atoms with Gasteiger partial charge in [0.2, 0.25) is 0 Å². The van der Waals surface area contributed by atoms with Crippen LogP contribution < -0.4 is 5.32 Å². The van der Waals surface area contributed by atoms with Crippen molar-refractivity contribution in [2.75, 3.05) is 14.2 Å². The number of ether oxygens (including phenoxy) is 2. The SMILES string of the molecule is COC(OC)C(C)NCc1cc[nH]c1. The molecule has 4 nitrogen and oxygen atoms in total. The van der Waals surface area contributed by atoms with E-state index in [2.05, 4.69) is 10.3 Å². The molecule has 0 aromatic carbocycles. The van der Waals surface area contributed by atoms with Gasteiger partial charge in [-0.3, -0.25) is 0 Å². The maximum Gasteiger partial charge on any atom is 0.171 e. The Morgan fingerprint density at radius 2 is 2.14 bits per heavy atom. The van der Waals surface area contributed by atoms with Crippen molar-refractivity contribution in [2.24, 2.45) is 0 Å². The average Bonchev–Trinajstić information content (AvgIpc) is 2.69. The highest BCUT2D eigenvalue weighted by Crippen LogP contribution is 2.01. The lowest BCUT2D eigenvalue weighted by atomic mass is 10.3. The molecule has 0 aliphatic rings. The predicted molar refractivity (Wildman–Crippen MR) is 54.9 cm³/mol. The summed E-state index contributed by atoms with van der Waals surface area (Å²) in [5.74, 6) is 0. The number of H-pyrrole nitrogens is 1. The van der Waals surface area contributed by atoms with Crippen molar-refractivity contribution in [1.82, 2.24) is 10.3 Å². The van der Waals surface area contributed by atoms with Crippen LogP contribution in [0, 0.1) is 0 Å². The summed E-state index contributed by atoms with van der Waals surface area (Å²) in [6, 6.07) is 2.20. The average molecular weight is 198 g/mol. The van der Waals surface area contributed by atoms with E-state index >= 15 is 0 Å². The number of aromatic nitrogens is 1. The van der Waals surface area contributed by atoms with E-state index in [9.17, 15) is 0 Å². The van der Waals surface area contributed by atoms with Crippen molar-refractivity contribution >= 4 is 0 Å². The van der Waals surface area contributed by atoms with Crippen LogP contribution in [0.2, 0.25) is 0 Å². The van der Waals surface area contributed by atoms with E-state index in [0.29, 0.717) is 0 Å². The minimum atomic E-state index is -0.200. The largest absolute Gasteiger partial charge is 0.367 e. The Kier molecular flexibility index (Phi) is 4.65. The molecule has 2 N–H and O–H groups in total. The highest BCUT2D eigenvalue weighted by atomic mass is 16.7. The smallest absolute Gasteiger partial charge is 0.171 e. The van der Waals surface area contributed by atoms with Crippen molar-refractivity contribution in [3.63, 3.8) is 0 Å². The van der Waals surface area contributed by atoms with Crippen molar-refractivity contribution in [1.29, 1.82) is 0 Å². The third-order valence-corrected chi connectivity index (χ3v) is 2.16. The Morgan fingerprint density at radius 3 is 2.64 bits per heavy atom. The predicted octanol–water partition coefficient (Wildman–Crippen LogP) is 1.11. The van der Waals surface area contributed by atoms with Gasteiger partial charge < -0.3 is 19.8 Å². The minimum absolute atomic E-state index is 0.167. The van der Waals surface area contributed by atoms with Gasteiger partial charge in [0.15, 0.2) is 6.29 Å². The van der Waals surface area contributed by atoms with Crippen LogP contribution >= 0.6 is 0 Å². The lowest BCUT2D eigenvalue weighted by Crippen LogP contribution is -2.39. The molecule has 0 bridgehead atoms. The summed E-state index contributed by atoms with van der Waals surface area (Å²) in [7, 11) is 3.28. The van der Waals surface area contributed by atoms with Crippen molar-refractivity contribution in [2.45, 2.75) is 25.8 Å². The van der Waals surface area contributed by atoms with Gasteiger partial charge >= 0.3 is 0 Å². The number of rotatable bonds is 6. The Balaban J connectivity index is 2.30. The van der Waals surface area contributed by atoms with Crippen LogP contribution in [0.15, 0.2) is 18.5 Å². The Hall–Kier alpha value is -0.840. The summed E-state index contributed by atoms with van der Waals surface area (Å²) in [6.07, 6.45) is 3.68. The molecule has 0 saturated carbocycles. The molecule has 1 heterocycles. The van der Waals surface area contributed by atoms with Crippen LogP contribution in [0.4, 0.5) is 0 Å². The molecule has 0 aliphatic heterocycles. The van der Waals surface area contributed by atoms with E-state index in [0.717, 1.165) is 6.54 Å². The molecule has 4 heteroatoms. The van der Waals surface area contributed by atoms with Gasteiger partial charge in [0.05, 0.1) is 6.04 Å². The molecule has 0 amide bonds. The van der Waals surface area contributed by atoms with Crippen LogP contribution in [0.1, 0.15) is 12.5 Å². The molecule has 1 aromatic heterocycles.